The summed E-state index contributed by atoms with van der Waals surface area (Å²) in [6.45, 7) is 4.13. The second-order valence-corrected chi connectivity index (χ2v) is 6.39. The van der Waals surface area contributed by atoms with Crippen molar-refractivity contribution < 1.29 is 0 Å². The molecule has 0 atom stereocenters. The van der Waals surface area contributed by atoms with Crippen LogP contribution >= 0.6 is 22.7 Å². The van der Waals surface area contributed by atoms with Crippen molar-refractivity contribution in [3.63, 3.8) is 0 Å². The van der Waals surface area contributed by atoms with Gasteiger partial charge in [0.15, 0.2) is 5.01 Å². The Morgan fingerprint density at radius 2 is 1.80 bits per heavy atom. The molecule has 0 radical (unpaired) electrons. The van der Waals surface area contributed by atoms with E-state index in [1.54, 1.807) is 22.7 Å². The molecule has 0 aliphatic carbocycles. The number of nitrogens with zero attached hydrogens (tertiary/aromatic N) is 3. The van der Waals surface area contributed by atoms with Crippen molar-refractivity contribution in [3.05, 3.63) is 35.5 Å². The molecule has 0 amide bonds. The fourth-order valence-corrected chi connectivity index (χ4v) is 3.91. The van der Waals surface area contributed by atoms with Crippen molar-refractivity contribution in [2.45, 2.75) is 13.8 Å². The second kappa shape index (κ2) is 5.30. The summed E-state index contributed by atoms with van der Waals surface area (Å²) >= 11 is 3.22. The minimum absolute atomic E-state index is 0.824. The highest BCUT2D eigenvalue weighted by Crippen LogP contribution is 2.38. The van der Waals surface area contributed by atoms with E-state index in [-0.39, 0.29) is 0 Å². The largest absolute Gasteiger partial charge is 0.363 e. The van der Waals surface area contributed by atoms with Crippen LogP contribution in [0.4, 0.5) is 5.13 Å². The van der Waals surface area contributed by atoms with Gasteiger partial charge in [0, 0.05) is 12.6 Å². The Kier molecular flexibility index (Phi) is 3.50. The Morgan fingerprint density at radius 3 is 2.50 bits per heavy atom. The Labute approximate surface area is 125 Å². The van der Waals surface area contributed by atoms with Gasteiger partial charge in [-0.2, -0.15) is 0 Å². The summed E-state index contributed by atoms with van der Waals surface area (Å²) in [6.07, 6.45) is 0. The van der Waals surface area contributed by atoms with Gasteiger partial charge in [0.2, 0.25) is 5.13 Å². The highest BCUT2D eigenvalue weighted by molar-refractivity contribution is 7.24. The maximum absolute atomic E-state index is 4.69. The molecule has 0 bridgehead atoms. The van der Waals surface area contributed by atoms with Crippen molar-refractivity contribution in [1.29, 1.82) is 0 Å². The molecule has 1 aromatic carbocycles. The zero-order chi connectivity index (χ0) is 14.1. The van der Waals surface area contributed by atoms with Gasteiger partial charge in [-0.3, -0.25) is 0 Å². The van der Waals surface area contributed by atoms with E-state index in [1.165, 1.54) is 11.1 Å². The Morgan fingerprint density at radius 1 is 1.00 bits per heavy atom. The number of anilines is 1. The lowest BCUT2D eigenvalue weighted by Crippen LogP contribution is -1.84. The summed E-state index contributed by atoms with van der Waals surface area (Å²) in [4.78, 5) is 5.79. The average Bonchev–Trinajstić information content (AvgIpc) is 3.05. The van der Waals surface area contributed by atoms with Gasteiger partial charge in [-0.25, -0.2) is 4.98 Å². The molecule has 0 fully saturated rings. The molecule has 6 heteroatoms. The normalized spacial score (nSPS) is 10.8. The first-order valence-electron chi connectivity index (χ1n) is 6.24. The van der Waals surface area contributed by atoms with Crippen LogP contribution in [0.3, 0.4) is 0 Å². The average molecular weight is 302 g/mol. The van der Waals surface area contributed by atoms with Gasteiger partial charge in [-0.05, 0) is 19.4 Å². The fraction of sp³-hybridized carbons (Fsp3) is 0.214. The predicted molar refractivity (Wildman–Crippen MR) is 85.5 cm³/mol. The van der Waals surface area contributed by atoms with Crippen molar-refractivity contribution in [2.75, 3.05) is 12.4 Å². The van der Waals surface area contributed by atoms with Crippen LogP contribution in [0, 0.1) is 13.8 Å². The lowest BCUT2D eigenvalue weighted by atomic mass is 10.1. The third-order valence-corrected chi connectivity index (χ3v) is 5.29. The smallest absolute Gasteiger partial charge is 0.205 e. The summed E-state index contributed by atoms with van der Waals surface area (Å²) in [6, 6.07) is 8.30. The van der Waals surface area contributed by atoms with Gasteiger partial charge in [0.1, 0.15) is 5.01 Å². The number of thiazole rings is 1. The molecule has 0 aliphatic rings. The number of aryl methyl sites for hydroxylation is 2. The van der Waals surface area contributed by atoms with Gasteiger partial charge < -0.3 is 5.32 Å². The zero-order valence-corrected chi connectivity index (χ0v) is 13.1. The lowest BCUT2D eigenvalue weighted by Gasteiger charge is -1.99. The van der Waals surface area contributed by atoms with E-state index in [9.17, 15) is 0 Å². The van der Waals surface area contributed by atoms with Crippen LogP contribution in [0.5, 0.6) is 0 Å². The molecular formula is C14H14N4S2. The summed E-state index contributed by atoms with van der Waals surface area (Å²) in [5.74, 6) is 0. The van der Waals surface area contributed by atoms with Gasteiger partial charge in [0.25, 0.3) is 0 Å². The monoisotopic (exact) mass is 302 g/mol. The highest BCUT2D eigenvalue weighted by Gasteiger charge is 2.15. The van der Waals surface area contributed by atoms with Gasteiger partial charge >= 0.3 is 0 Å². The first-order chi connectivity index (χ1) is 9.69. The molecule has 1 N–H and O–H groups in total. The Hall–Kier alpha value is -1.79. The molecule has 3 rings (SSSR count). The third kappa shape index (κ3) is 2.32. The molecule has 2 heterocycles. The maximum Gasteiger partial charge on any atom is 0.205 e. The molecule has 0 saturated heterocycles. The second-order valence-electron chi connectivity index (χ2n) is 4.41. The fourth-order valence-electron chi connectivity index (χ4n) is 1.94. The minimum Gasteiger partial charge on any atom is -0.363 e. The Bertz CT molecular complexity index is 745. The van der Waals surface area contributed by atoms with E-state index < -0.39 is 0 Å². The van der Waals surface area contributed by atoms with Crippen LogP contribution in [0.25, 0.3) is 20.5 Å². The summed E-state index contributed by atoms with van der Waals surface area (Å²) < 4.78 is 0. The summed E-state index contributed by atoms with van der Waals surface area (Å²) in [5.41, 5.74) is 3.43. The molecule has 3 aromatic rings. The van der Waals surface area contributed by atoms with E-state index >= 15 is 0 Å². The van der Waals surface area contributed by atoms with Crippen molar-refractivity contribution in [3.8, 4) is 20.5 Å². The number of rotatable bonds is 3. The molecule has 20 heavy (non-hydrogen) atoms. The molecule has 102 valence electrons. The van der Waals surface area contributed by atoms with Crippen LogP contribution in [-0.2, 0) is 0 Å². The first kappa shape index (κ1) is 13.2. The van der Waals surface area contributed by atoms with Crippen molar-refractivity contribution >= 4 is 27.8 Å². The minimum atomic E-state index is 0.824. The van der Waals surface area contributed by atoms with Crippen LogP contribution in [0.15, 0.2) is 24.3 Å². The zero-order valence-electron chi connectivity index (χ0n) is 11.5. The van der Waals surface area contributed by atoms with Gasteiger partial charge in [-0.1, -0.05) is 35.6 Å². The first-order valence-corrected chi connectivity index (χ1v) is 7.87. The quantitative estimate of drug-likeness (QED) is 0.795. The van der Waals surface area contributed by atoms with Crippen LogP contribution in [0.1, 0.15) is 11.3 Å². The Balaban J connectivity index is 2.05. The molecule has 0 aliphatic heterocycles. The van der Waals surface area contributed by atoms with E-state index in [2.05, 4.69) is 34.6 Å². The predicted octanol–water partition coefficient (Wildman–Crippen LogP) is 3.99. The highest BCUT2D eigenvalue weighted by atomic mass is 32.1. The van der Waals surface area contributed by atoms with E-state index in [1.807, 2.05) is 26.1 Å². The lowest BCUT2D eigenvalue weighted by molar-refractivity contribution is 1.09. The number of benzene rings is 1. The van der Waals surface area contributed by atoms with Crippen LogP contribution in [0.2, 0.25) is 0 Å². The molecule has 0 saturated carbocycles. The number of hydrogen-bond donors (Lipinski definition) is 1. The standard InChI is InChI=1S/C14H14N4S2/c1-8-6-4-5-7-10(8)12-16-9(2)11(19-12)13-17-18-14(15-3)20-13/h4-7H,1-3H3,(H,15,18). The van der Waals surface area contributed by atoms with E-state index in [0.717, 1.165) is 25.7 Å². The summed E-state index contributed by atoms with van der Waals surface area (Å²) in [5, 5.41) is 14.1. The topological polar surface area (TPSA) is 50.7 Å². The van der Waals surface area contributed by atoms with Gasteiger partial charge in [-0.15, -0.1) is 21.5 Å². The third-order valence-electron chi connectivity index (χ3n) is 3.01. The number of hydrogen-bond acceptors (Lipinski definition) is 6. The van der Waals surface area contributed by atoms with E-state index in [0.29, 0.717) is 0 Å². The van der Waals surface area contributed by atoms with Crippen molar-refractivity contribution in [1.82, 2.24) is 15.2 Å². The van der Waals surface area contributed by atoms with Crippen LogP contribution in [-0.4, -0.2) is 22.2 Å². The van der Waals surface area contributed by atoms with E-state index in [4.69, 9.17) is 4.98 Å². The number of aromatic nitrogens is 3. The SMILES string of the molecule is CNc1nnc(-c2sc(-c3ccccc3C)nc2C)s1. The van der Waals surface area contributed by atoms with Crippen LogP contribution < -0.4 is 5.32 Å². The molecule has 2 aromatic heterocycles. The maximum atomic E-state index is 4.69. The van der Waals surface area contributed by atoms with Gasteiger partial charge in [0.05, 0.1) is 10.6 Å². The molecule has 0 unspecified atom stereocenters. The number of nitrogens with one attached hydrogen (secondary N) is 1. The molecule has 4 nitrogen and oxygen atoms in total. The summed E-state index contributed by atoms with van der Waals surface area (Å²) in [7, 11) is 1.85. The van der Waals surface area contributed by atoms with Crippen molar-refractivity contribution in [2.24, 2.45) is 0 Å². The molecule has 0 spiro atoms. The molecular weight excluding hydrogens is 288 g/mol.